The molecule has 1 N–H and O–H groups in total. The second kappa shape index (κ2) is 4.59. The average Bonchev–Trinajstić information content (AvgIpc) is 2.66. The fraction of sp³-hybridized carbons (Fsp3) is 0.308. The van der Waals surface area contributed by atoms with Gasteiger partial charge in [-0.15, -0.1) is 0 Å². The maximum atomic E-state index is 12.0. The zero-order valence-corrected chi connectivity index (χ0v) is 10.3. The van der Waals surface area contributed by atoms with Crippen molar-refractivity contribution in [2.45, 2.75) is 0 Å². The van der Waals surface area contributed by atoms with Crippen molar-refractivity contribution < 1.29 is 9.53 Å². The van der Waals surface area contributed by atoms with Crippen molar-refractivity contribution in [2.24, 2.45) is 7.05 Å². The SMILES string of the molecule is CNCC(=O)c1cn(C)c2ccc(OC)cc12. The number of likely N-dealkylation sites (N-methyl/N-ethyl adjacent to an activating group) is 1. The molecular formula is C13H16N2O2. The molecule has 0 saturated heterocycles. The first-order chi connectivity index (χ1) is 8.17. The Balaban J connectivity index is 2.58. The number of carbonyl (C=O) groups is 1. The number of hydrogen-bond donors (Lipinski definition) is 1. The number of fused-ring (bicyclic) bond motifs is 1. The van der Waals surface area contributed by atoms with Crippen LogP contribution in [-0.4, -0.2) is 31.1 Å². The number of rotatable bonds is 4. The minimum absolute atomic E-state index is 0.0892. The largest absolute Gasteiger partial charge is 0.497 e. The lowest BCUT2D eigenvalue weighted by molar-refractivity contribution is 0.0995. The molecule has 17 heavy (non-hydrogen) atoms. The average molecular weight is 232 g/mol. The van der Waals surface area contributed by atoms with Crippen molar-refractivity contribution in [1.29, 1.82) is 0 Å². The van der Waals surface area contributed by atoms with Gasteiger partial charge in [0.15, 0.2) is 5.78 Å². The van der Waals surface area contributed by atoms with Crippen molar-refractivity contribution in [3.05, 3.63) is 30.0 Å². The topological polar surface area (TPSA) is 43.3 Å². The van der Waals surface area contributed by atoms with Crippen LogP contribution in [-0.2, 0) is 7.05 Å². The van der Waals surface area contributed by atoms with Crippen LogP contribution < -0.4 is 10.1 Å². The van der Waals surface area contributed by atoms with Crippen molar-refractivity contribution in [3.8, 4) is 5.75 Å². The number of hydrogen-bond acceptors (Lipinski definition) is 3. The number of ether oxygens (including phenoxy) is 1. The van der Waals surface area contributed by atoms with E-state index in [1.807, 2.05) is 36.0 Å². The Morgan fingerprint density at radius 3 is 2.88 bits per heavy atom. The van der Waals surface area contributed by atoms with Gasteiger partial charge in [0.2, 0.25) is 0 Å². The van der Waals surface area contributed by atoms with Crippen molar-refractivity contribution in [3.63, 3.8) is 0 Å². The lowest BCUT2D eigenvalue weighted by atomic mass is 10.1. The van der Waals surface area contributed by atoms with E-state index in [1.54, 1.807) is 14.2 Å². The monoisotopic (exact) mass is 232 g/mol. The summed E-state index contributed by atoms with van der Waals surface area (Å²) >= 11 is 0. The number of carbonyl (C=O) groups excluding carboxylic acids is 1. The molecule has 0 atom stereocenters. The Bertz CT molecular complexity index is 558. The van der Waals surface area contributed by atoms with E-state index < -0.39 is 0 Å². The standard InChI is InChI=1S/C13H16N2O2/c1-14-7-13(16)11-8-15(2)12-5-4-9(17-3)6-10(11)12/h4-6,8,14H,7H2,1-3H3. The molecule has 0 bridgehead atoms. The Hall–Kier alpha value is -1.81. The highest BCUT2D eigenvalue weighted by molar-refractivity contribution is 6.09. The Morgan fingerprint density at radius 1 is 1.47 bits per heavy atom. The Kier molecular flexibility index (Phi) is 3.15. The second-order valence-electron chi connectivity index (χ2n) is 3.99. The third kappa shape index (κ3) is 2.03. The molecule has 0 saturated carbocycles. The van der Waals surface area contributed by atoms with Gasteiger partial charge >= 0.3 is 0 Å². The number of methoxy groups -OCH3 is 1. The predicted molar refractivity (Wildman–Crippen MR) is 67.7 cm³/mol. The van der Waals surface area contributed by atoms with Gasteiger partial charge in [-0.25, -0.2) is 0 Å². The molecular weight excluding hydrogens is 216 g/mol. The third-order valence-corrected chi connectivity index (χ3v) is 2.83. The molecule has 2 rings (SSSR count). The summed E-state index contributed by atoms with van der Waals surface area (Å²) in [4.78, 5) is 12.0. The van der Waals surface area contributed by atoms with E-state index in [9.17, 15) is 4.79 Å². The van der Waals surface area contributed by atoms with E-state index in [0.717, 1.165) is 22.2 Å². The summed E-state index contributed by atoms with van der Waals surface area (Å²) in [6, 6.07) is 5.76. The van der Waals surface area contributed by atoms with Crippen LogP contribution in [0.1, 0.15) is 10.4 Å². The highest BCUT2D eigenvalue weighted by atomic mass is 16.5. The highest BCUT2D eigenvalue weighted by Gasteiger charge is 2.13. The molecule has 0 aliphatic rings. The third-order valence-electron chi connectivity index (χ3n) is 2.83. The summed E-state index contributed by atoms with van der Waals surface area (Å²) in [5.41, 5.74) is 1.76. The molecule has 4 heteroatoms. The molecule has 1 aromatic carbocycles. The van der Waals surface area contributed by atoms with Crippen LogP contribution in [0.5, 0.6) is 5.75 Å². The molecule has 0 aliphatic heterocycles. The first kappa shape index (κ1) is 11.7. The van der Waals surface area contributed by atoms with Crippen molar-refractivity contribution >= 4 is 16.7 Å². The molecule has 0 aliphatic carbocycles. The molecule has 1 heterocycles. The quantitative estimate of drug-likeness (QED) is 0.814. The van der Waals surface area contributed by atoms with Crippen LogP contribution in [0.3, 0.4) is 0 Å². The van der Waals surface area contributed by atoms with Crippen molar-refractivity contribution in [2.75, 3.05) is 20.7 Å². The maximum absolute atomic E-state index is 12.0. The van der Waals surface area contributed by atoms with Gasteiger partial charge in [-0.05, 0) is 25.2 Å². The molecule has 4 nitrogen and oxygen atoms in total. The van der Waals surface area contributed by atoms with Crippen LogP contribution in [0.2, 0.25) is 0 Å². The van der Waals surface area contributed by atoms with Crippen LogP contribution in [0.4, 0.5) is 0 Å². The number of aromatic nitrogens is 1. The number of aryl methyl sites for hydroxylation is 1. The van der Waals surface area contributed by atoms with Gasteiger partial charge in [-0.3, -0.25) is 4.79 Å². The smallest absolute Gasteiger partial charge is 0.178 e. The molecule has 0 spiro atoms. The number of benzene rings is 1. The van der Waals surface area contributed by atoms with Gasteiger partial charge in [-0.2, -0.15) is 0 Å². The van der Waals surface area contributed by atoms with Gasteiger partial charge in [0.1, 0.15) is 5.75 Å². The normalized spacial score (nSPS) is 10.8. The molecule has 90 valence electrons. The summed E-state index contributed by atoms with van der Waals surface area (Å²) in [5.74, 6) is 0.855. The van der Waals surface area contributed by atoms with Gasteiger partial charge in [0.05, 0.1) is 13.7 Å². The fourth-order valence-corrected chi connectivity index (χ4v) is 1.98. The van der Waals surface area contributed by atoms with E-state index >= 15 is 0 Å². The van der Waals surface area contributed by atoms with E-state index in [-0.39, 0.29) is 5.78 Å². The Labute approximate surface area is 100 Å². The van der Waals surface area contributed by atoms with Crippen LogP contribution in [0, 0.1) is 0 Å². The van der Waals surface area contributed by atoms with Crippen molar-refractivity contribution in [1.82, 2.24) is 9.88 Å². The minimum atomic E-state index is 0.0892. The molecule has 0 unspecified atom stereocenters. The van der Waals surface area contributed by atoms with E-state index in [2.05, 4.69) is 5.32 Å². The molecule has 0 radical (unpaired) electrons. The van der Waals surface area contributed by atoms with E-state index in [0.29, 0.717) is 6.54 Å². The van der Waals surface area contributed by atoms with Crippen LogP contribution in [0.15, 0.2) is 24.4 Å². The van der Waals surface area contributed by atoms with Gasteiger partial charge < -0.3 is 14.6 Å². The maximum Gasteiger partial charge on any atom is 0.178 e. The zero-order valence-electron chi connectivity index (χ0n) is 10.3. The summed E-state index contributed by atoms with van der Waals surface area (Å²) in [7, 11) is 5.33. The first-order valence-electron chi connectivity index (χ1n) is 5.48. The van der Waals surface area contributed by atoms with E-state index in [1.165, 1.54) is 0 Å². The number of Topliss-reactive ketones (excluding diaryl/α,β-unsaturated/α-hetero) is 1. The van der Waals surface area contributed by atoms with Gasteiger partial charge in [0.25, 0.3) is 0 Å². The molecule has 0 amide bonds. The minimum Gasteiger partial charge on any atom is -0.497 e. The number of nitrogens with zero attached hydrogens (tertiary/aromatic N) is 1. The second-order valence-corrected chi connectivity index (χ2v) is 3.99. The lowest BCUT2D eigenvalue weighted by Gasteiger charge is -2.01. The highest BCUT2D eigenvalue weighted by Crippen LogP contribution is 2.25. The lowest BCUT2D eigenvalue weighted by Crippen LogP contribution is -2.18. The first-order valence-corrected chi connectivity index (χ1v) is 5.48. The van der Waals surface area contributed by atoms with Crippen LogP contribution >= 0.6 is 0 Å². The van der Waals surface area contributed by atoms with E-state index in [4.69, 9.17) is 4.74 Å². The molecule has 1 aromatic heterocycles. The zero-order chi connectivity index (χ0) is 12.4. The molecule has 0 fully saturated rings. The van der Waals surface area contributed by atoms with Gasteiger partial charge in [0, 0.05) is 29.7 Å². The van der Waals surface area contributed by atoms with Gasteiger partial charge in [-0.1, -0.05) is 0 Å². The van der Waals surface area contributed by atoms with Crippen LogP contribution in [0.25, 0.3) is 10.9 Å². The summed E-state index contributed by atoms with van der Waals surface area (Å²) in [6.45, 7) is 0.344. The fourth-order valence-electron chi connectivity index (χ4n) is 1.98. The Morgan fingerprint density at radius 2 is 2.24 bits per heavy atom. The summed E-state index contributed by atoms with van der Waals surface area (Å²) in [5, 5.41) is 3.82. The number of ketones is 1. The number of nitrogens with one attached hydrogen (secondary N) is 1. The summed E-state index contributed by atoms with van der Waals surface area (Å²) < 4.78 is 7.15. The predicted octanol–water partition coefficient (Wildman–Crippen LogP) is 1.59. The molecule has 2 aromatic rings. The summed E-state index contributed by atoms with van der Waals surface area (Å²) in [6.07, 6.45) is 1.86.